The Morgan fingerprint density at radius 2 is 1.27 bits per heavy atom. The lowest BCUT2D eigenvalue weighted by atomic mass is 10.1. The minimum absolute atomic E-state index is 0.498. The molecular weight excluding hydrogens is 268 g/mol. The van der Waals surface area contributed by atoms with Crippen LogP contribution in [-0.2, 0) is 0 Å². The normalized spacial score (nSPS) is 17.0. The number of hydrogen-bond acceptors (Lipinski definition) is 2. The predicted molar refractivity (Wildman–Crippen MR) is 96.4 cm³/mol. The highest BCUT2D eigenvalue weighted by molar-refractivity contribution is 5.13. The predicted octanol–water partition coefficient (Wildman–Crippen LogP) is 5.22. The quantitative estimate of drug-likeness (QED) is 0.510. The summed E-state index contributed by atoms with van der Waals surface area (Å²) in [6, 6.07) is 0. The fourth-order valence-electron chi connectivity index (χ4n) is 3.21. The minimum atomic E-state index is 0.498. The lowest BCUT2D eigenvalue weighted by Gasteiger charge is -2.39. The van der Waals surface area contributed by atoms with Crippen molar-refractivity contribution in [3.8, 4) is 0 Å². The van der Waals surface area contributed by atoms with E-state index in [1.807, 2.05) is 0 Å². The first-order valence-electron chi connectivity index (χ1n) is 9.10. The Morgan fingerprint density at radius 3 is 1.77 bits per heavy atom. The first kappa shape index (κ1) is 16.9. The average molecular weight is 300 g/mol. The van der Waals surface area contributed by atoms with Crippen molar-refractivity contribution in [1.82, 2.24) is 9.80 Å². The highest BCUT2D eigenvalue weighted by Gasteiger charge is 2.20. The third kappa shape index (κ3) is 5.75. The first-order valence-corrected chi connectivity index (χ1v) is 9.10. The van der Waals surface area contributed by atoms with Gasteiger partial charge in [-0.05, 0) is 25.0 Å². The van der Waals surface area contributed by atoms with Crippen molar-refractivity contribution in [2.75, 3.05) is 13.1 Å². The van der Waals surface area contributed by atoms with E-state index >= 15 is 0 Å². The van der Waals surface area contributed by atoms with Crippen LogP contribution >= 0.6 is 0 Å². The molecule has 2 heterocycles. The fourth-order valence-corrected chi connectivity index (χ4v) is 3.21. The molecule has 0 fully saturated rings. The smallest absolute Gasteiger partial charge is 0.101 e. The van der Waals surface area contributed by atoms with Gasteiger partial charge in [0, 0.05) is 25.5 Å². The van der Waals surface area contributed by atoms with E-state index in [1.165, 1.54) is 51.4 Å². The Hall–Kier alpha value is -1.44. The summed E-state index contributed by atoms with van der Waals surface area (Å²) in [5, 5.41) is 0. The second-order valence-corrected chi connectivity index (χ2v) is 6.32. The lowest BCUT2D eigenvalue weighted by molar-refractivity contribution is 0.125. The molecule has 0 spiro atoms. The van der Waals surface area contributed by atoms with Gasteiger partial charge in [-0.2, -0.15) is 0 Å². The van der Waals surface area contributed by atoms with Crippen LogP contribution in [0.15, 0.2) is 48.9 Å². The van der Waals surface area contributed by atoms with Gasteiger partial charge in [0.1, 0.15) is 6.17 Å². The van der Waals surface area contributed by atoms with Gasteiger partial charge in [0.25, 0.3) is 0 Å². The standard InChI is InChI=1S/C20H32N2/c1-2-3-4-5-6-7-10-15-20(21-16-11-8-12-17-21)22-18-13-9-14-19-22/h8-9,11-14,16,18,20H,2-7,10,15,17,19H2,1H3. The highest BCUT2D eigenvalue weighted by atomic mass is 15.3. The van der Waals surface area contributed by atoms with E-state index in [9.17, 15) is 0 Å². The van der Waals surface area contributed by atoms with E-state index in [0.29, 0.717) is 6.17 Å². The number of rotatable bonds is 10. The van der Waals surface area contributed by atoms with Crippen molar-refractivity contribution >= 4 is 0 Å². The lowest BCUT2D eigenvalue weighted by Crippen LogP contribution is -2.44. The first-order chi connectivity index (χ1) is 10.9. The Labute approximate surface area is 136 Å². The van der Waals surface area contributed by atoms with E-state index in [2.05, 4.69) is 65.6 Å². The molecule has 0 bridgehead atoms. The minimum Gasteiger partial charge on any atom is -0.354 e. The van der Waals surface area contributed by atoms with Crippen LogP contribution in [0, 0.1) is 0 Å². The van der Waals surface area contributed by atoms with Gasteiger partial charge in [0.05, 0.1) is 0 Å². The number of nitrogens with zero attached hydrogens (tertiary/aromatic N) is 2. The molecule has 2 heteroatoms. The fraction of sp³-hybridized carbons (Fsp3) is 0.600. The molecule has 0 saturated carbocycles. The Bertz CT molecular complexity index is 376. The molecule has 2 aliphatic heterocycles. The monoisotopic (exact) mass is 300 g/mol. The molecule has 0 aromatic rings. The molecule has 122 valence electrons. The molecule has 0 aliphatic carbocycles. The van der Waals surface area contributed by atoms with Crippen LogP contribution in [0.3, 0.4) is 0 Å². The summed E-state index contributed by atoms with van der Waals surface area (Å²) in [4.78, 5) is 4.95. The Morgan fingerprint density at radius 1 is 0.727 bits per heavy atom. The number of allylic oxidation sites excluding steroid dienone is 4. The van der Waals surface area contributed by atoms with Crippen LogP contribution in [-0.4, -0.2) is 29.1 Å². The van der Waals surface area contributed by atoms with E-state index in [4.69, 9.17) is 0 Å². The van der Waals surface area contributed by atoms with Crippen LogP contribution in [0.5, 0.6) is 0 Å². The number of unbranched alkanes of at least 4 members (excludes halogenated alkanes) is 6. The van der Waals surface area contributed by atoms with Gasteiger partial charge in [-0.15, -0.1) is 0 Å². The molecule has 0 saturated heterocycles. The SMILES string of the molecule is CCCCCCCCCC(N1C=CC=CC1)N1C=CC=CC1. The summed E-state index contributed by atoms with van der Waals surface area (Å²) in [6.45, 7) is 4.35. The molecular formula is C20H32N2. The van der Waals surface area contributed by atoms with Gasteiger partial charge in [-0.1, -0.05) is 69.8 Å². The zero-order valence-corrected chi connectivity index (χ0v) is 14.2. The van der Waals surface area contributed by atoms with Crippen molar-refractivity contribution in [3.63, 3.8) is 0 Å². The summed E-state index contributed by atoms with van der Waals surface area (Å²) < 4.78 is 0. The zero-order valence-electron chi connectivity index (χ0n) is 14.2. The topological polar surface area (TPSA) is 6.48 Å². The van der Waals surface area contributed by atoms with Gasteiger partial charge in [0.15, 0.2) is 0 Å². The van der Waals surface area contributed by atoms with E-state index in [-0.39, 0.29) is 0 Å². The molecule has 2 aliphatic rings. The molecule has 0 atom stereocenters. The van der Waals surface area contributed by atoms with Gasteiger partial charge in [0.2, 0.25) is 0 Å². The maximum absolute atomic E-state index is 2.47. The van der Waals surface area contributed by atoms with Gasteiger partial charge in [-0.25, -0.2) is 0 Å². The molecule has 22 heavy (non-hydrogen) atoms. The van der Waals surface area contributed by atoms with Crippen molar-refractivity contribution in [1.29, 1.82) is 0 Å². The van der Waals surface area contributed by atoms with Crippen molar-refractivity contribution < 1.29 is 0 Å². The Balaban J connectivity index is 1.75. The van der Waals surface area contributed by atoms with E-state index in [0.717, 1.165) is 13.1 Å². The average Bonchev–Trinajstić information content (AvgIpc) is 2.59. The summed E-state index contributed by atoms with van der Waals surface area (Å²) >= 11 is 0. The van der Waals surface area contributed by atoms with E-state index < -0.39 is 0 Å². The van der Waals surface area contributed by atoms with Gasteiger partial charge in [-0.3, -0.25) is 0 Å². The maximum Gasteiger partial charge on any atom is 0.101 e. The van der Waals surface area contributed by atoms with Crippen LogP contribution in [0.25, 0.3) is 0 Å². The van der Waals surface area contributed by atoms with Crippen LogP contribution in [0.4, 0.5) is 0 Å². The molecule has 2 rings (SSSR count). The molecule has 0 aromatic heterocycles. The third-order valence-electron chi connectivity index (χ3n) is 4.51. The third-order valence-corrected chi connectivity index (χ3v) is 4.51. The largest absolute Gasteiger partial charge is 0.354 e. The van der Waals surface area contributed by atoms with Gasteiger partial charge >= 0.3 is 0 Å². The Kier molecular flexibility index (Phi) is 7.93. The molecule has 0 unspecified atom stereocenters. The van der Waals surface area contributed by atoms with Crippen LogP contribution in [0.1, 0.15) is 58.3 Å². The summed E-state index contributed by atoms with van der Waals surface area (Å²) in [6.07, 6.45) is 29.0. The molecule has 0 radical (unpaired) electrons. The molecule has 0 N–H and O–H groups in total. The van der Waals surface area contributed by atoms with Crippen molar-refractivity contribution in [2.24, 2.45) is 0 Å². The van der Waals surface area contributed by atoms with Crippen LogP contribution in [0.2, 0.25) is 0 Å². The number of hydrogen-bond donors (Lipinski definition) is 0. The van der Waals surface area contributed by atoms with Crippen molar-refractivity contribution in [2.45, 2.75) is 64.5 Å². The highest BCUT2D eigenvalue weighted by Crippen LogP contribution is 2.19. The van der Waals surface area contributed by atoms with E-state index in [1.54, 1.807) is 0 Å². The summed E-state index contributed by atoms with van der Waals surface area (Å²) in [5.74, 6) is 0. The molecule has 0 aromatic carbocycles. The van der Waals surface area contributed by atoms with Crippen LogP contribution < -0.4 is 0 Å². The van der Waals surface area contributed by atoms with Crippen molar-refractivity contribution in [3.05, 3.63) is 48.9 Å². The maximum atomic E-state index is 2.47. The zero-order chi connectivity index (χ0) is 15.5. The summed E-state index contributed by atoms with van der Waals surface area (Å²) in [7, 11) is 0. The van der Waals surface area contributed by atoms with Gasteiger partial charge < -0.3 is 9.80 Å². The second kappa shape index (κ2) is 10.3. The summed E-state index contributed by atoms with van der Waals surface area (Å²) in [5.41, 5.74) is 0. The molecule has 0 amide bonds. The molecule has 2 nitrogen and oxygen atoms in total. The second-order valence-electron chi connectivity index (χ2n) is 6.32.